The van der Waals surface area contributed by atoms with E-state index in [1.807, 2.05) is 12.1 Å². The molecule has 2 aromatic rings. The second kappa shape index (κ2) is 7.87. The molecule has 3 nitrogen and oxygen atoms in total. The van der Waals surface area contributed by atoms with Crippen molar-refractivity contribution in [2.75, 3.05) is 32.8 Å². The highest BCUT2D eigenvalue weighted by molar-refractivity contribution is 6.34. The number of nitrogens with one attached hydrogen (secondary N) is 1. The molecule has 1 heterocycles. The molecule has 0 radical (unpaired) electrons. The first-order chi connectivity index (χ1) is 12.7. The summed E-state index contributed by atoms with van der Waals surface area (Å²) < 4.78 is 6.25. The summed E-state index contributed by atoms with van der Waals surface area (Å²) in [5.74, 6) is 0. The minimum Gasteiger partial charge on any atom is -0.374 e. The smallest absolute Gasteiger partial charge is 0.0719 e. The van der Waals surface area contributed by atoms with Crippen LogP contribution < -0.4 is 5.32 Å². The maximum Gasteiger partial charge on any atom is 0.0719 e. The molecule has 0 spiro atoms. The molecular formula is C21H24Cl2N2O. The lowest BCUT2D eigenvalue weighted by Crippen LogP contribution is -2.55. The Hall–Kier alpha value is -1.10. The average molecular weight is 391 g/mol. The van der Waals surface area contributed by atoms with E-state index < -0.39 is 0 Å². The van der Waals surface area contributed by atoms with E-state index in [-0.39, 0.29) is 5.54 Å². The second-order valence-electron chi connectivity index (χ2n) is 7.20. The van der Waals surface area contributed by atoms with Crippen LogP contribution in [0.1, 0.15) is 23.1 Å². The van der Waals surface area contributed by atoms with Crippen LogP contribution >= 0.6 is 23.2 Å². The van der Waals surface area contributed by atoms with E-state index in [0.717, 1.165) is 44.6 Å². The van der Waals surface area contributed by atoms with Crippen LogP contribution in [0.15, 0.2) is 42.5 Å². The molecule has 2 aromatic carbocycles. The number of hydrogen-bond donors (Lipinski definition) is 1. The monoisotopic (exact) mass is 390 g/mol. The minimum absolute atomic E-state index is 0.0267. The van der Waals surface area contributed by atoms with Gasteiger partial charge in [0.05, 0.1) is 18.8 Å². The van der Waals surface area contributed by atoms with E-state index in [1.54, 1.807) is 6.07 Å². The maximum absolute atomic E-state index is 6.25. The van der Waals surface area contributed by atoms with Gasteiger partial charge in [-0.3, -0.25) is 4.90 Å². The van der Waals surface area contributed by atoms with Gasteiger partial charge in [-0.05, 0) is 47.7 Å². The Kier molecular flexibility index (Phi) is 5.53. The molecule has 4 rings (SSSR count). The van der Waals surface area contributed by atoms with Crippen LogP contribution in [0, 0.1) is 0 Å². The molecule has 0 bridgehead atoms. The molecular weight excluding hydrogens is 367 g/mol. The number of halogens is 2. The van der Waals surface area contributed by atoms with Crippen molar-refractivity contribution in [1.82, 2.24) is 10.2 Å². The number of ether oxygens (including phenoxy) is 1. The number of benzene rings is 2. The van der Waals surface area contributed by atoms with Crippen LogP contribution in [0.4, 0.5) is 0 Å². The van der Waals surface area contributed by atoms with Crippen molar-refractivity contribution in [3.05, 3.63) is 69.2 Å². The zero-order chi connectivity index (χ0) is 18.0. The maximum atomic E-state index is 6.25. The Morgan fingerprint density at radius 3 is 2.54 bits per heavy atom. The molecule has 1 unspecified atom stereocenters. The van der Waals surface area contributed by atoms with Gasteiger partial charge in [-0.1, -0.05) is 47.5 Å². The molecule has 1 atom stereocenters. The summed E-state index contributed by atoms with van der Waals surface area (Å²) in [5, 5.41) is 4.77. The number of fused-ring (bicyclic) bond motifs is 1. The first-order valence-electron chi connectivity index (χ1n) is 9.24. The summed E-state index contributed by atoms with van der Waals surface area (Å²) in [7, 11) is 0. The number of aryl methyl sites for hydroxylation is 1. The van der Waals surface area contributed by atoms with Crippen molar-refractivity contribution in [2.45, 2.75) is 25.0 Å². The normalized spacial score (nSPS) is 23.2. The van der Waals surface area contributed by atoms with Crippen LogP contribution in [0.2, 0.25) is 10.0 Å². The lowest BCUT2D eigenvalue weighted by atomic mass is 9.89. The third-order valence-electron chi connectivity index (χ3n) is 5.58. The van der Waals surface area contributed by atoms with Gasteiger partial charge in [-0.15, -0.1) is 0 Å². The summed E-state index contributed by atoms with van der Waals surface area (Å²) in [5.41, 5.74) is 3.89. The fourth-order valence-electron chi connectivity index (χ4n) is 4.36. The molecule has 0 aromatic heterocycles. The zero-order valence-corrected chi connectivity index (χ0v) is 16.3. The van der Waals surface area contributed by atoms with Crippen molar-refractivity contribution in [1.29, 1.82) is 0 Å². The van der Waals surface area contributed by atoms with Crippen LogP contribution in [0.3, 0.4) is 0 Å². The predicted molar refractivity (Wildman–Crippen MR) is 107 cm³/mol. The average Bonchev–Trinajstić information content (AvgIpc) is 3.02. The first-order valence-corrected chi connectivity index (χ1v) is 10.00. The van der Waals surface area contributed by atoms with E-state index in [0.29, 0.717) is 23.3 Å². The van der Waals surface area contributed by atoms with E-state index in [9.17, 15) is 0 Å². The standard InChI is InChI=1S/C21H24Cl2N2O/c22-18-11-16(12-19(23)13-18)14-26-15-21(25-9-7-24-8-10-25)6-5-17-3-1-2-4-20(17)21/h1-4,11-13,24H,5-10,14-15H2. The lowest BCUT2D eigenvalue weighted by molar-refractivity contribution is -0.0240. The van der Waals surface area contributed by atoms with E-state index >= 15 is 0 Å². The highest BCUT2D eigenvalue weighted by atomic mass is 35.5. The largest absolute Gasteiger partial charge is 0.374 e. The lowest BCUT2D eigenvalue weighted by Gasteiger charge is -2.44. The number of nitrogens with zero attached hydrogens (tertiary/aromatic N) is 1. The van der Waals surface area contributed by atoms with Crippen molar-refractivity contribution >= 4 is 23.2 Å². The molecule has 0 amide bonds. The van der Waals surface area contributed by atoms with Crippen molar-refractivity contribution in [2.24, 2.45) is 0 Å². The molecule has 1 fully saturated rings. The van der Waals surface area contributed by atoms with E-state index in [4.69, 9.17) is 27.9 Å². The van der Waals surface area contributed by atoms with Gasteiger partial charge in [0.2, 0.25) is 0 Å². The Balaban J connectivity index is 1.54. The summed E-state index contributed by atoms with van der Waals surface area (Å²) in [6.45, 7) is 5.40. The quantitative estimate of drug-likeness (QED) is 0.825. The third-order valence-corrected chi connectivity index (χ3v) is 6.02. The predicted octanol–water partition coefficient (Wildman–Crippen LogP) is 4.26. The number of hydrogen-bond acceptors (Lipinski definition) is 3. The molecule has 0 saturated carbocycles. The van der Waals surface area contributed by atoms with Crippen LogP contribution in [0.5, 0.6) is 0 Å². The molecule has 5 heteroatoms. The zero-order valence-electron chi connectivity index (χ0n) is 14.8. The molecule has 26 heavy (non-hydrogen) atoms. The van der Waals surface area contributed by atoms with Gasteiger partial charge < -0.3 is 10.1 Å². The first kappa shape index (κ1) is 18.3. The molecule has 1 N–H and O–H groups in total. The fourth-order valence-corrected chi connectivity index (χ4v) is 4.93. The molecule has 2 aliphatic rings. The topological polar surface area (TPSA) is 24.5 Å². The van der Waals surface area contributed by atoms with Gasteiger partial charge >= 0.3 is 0 Å². The molecule has 1 aliphatic carbocycles. The van der Waals surface area contributed by atoms with Gasteiger partial charge in [0.15, 0.2) is 0 Å². The highest BCUT2D eigenvalue weighted by Crippen LogP contribution is 2.42. The van der Waals surface area contributed by atoms with Gasteiger partial charge in [0.25, 0.3) is 0 Å². The third kappa shape index (κ3) is 3.64. The van der Waals surface area contributed by atoms with Crippen molar-refractivity contribution < 1.29 is 4.74 Å². The second-order valence-corrected chi connectivity index (χ2v) is 8.07. The van der Waals surface area contributed by atoms with Crippen LogP contribution in [-0.2, 0) is 23.3 Å². The van der Waals surface area contributed by atoms with Gasteiger partial charge in [-0.2, -0.15) is 0 Å². The van der Waals surface area contributed by atoms with Gasteiger partial charge in [-0.25, -0.2) is 0 Å². The van der Waals surface area contributed by atoms with Crippen molar-refractivity contribution in [3.8, 4) is 0 Å². The summed E-state index contributed by atoms with van der Waals surface area (Å²) in [6, 6.07) is 14.4. The Bertz CT molecular complexity index is 756. The summed E-state index contributed by atoms with van der Waals surface area (Å²) >= 11 is 12.2. The SMILES string of the molecule is Clc1cc(Cl)cc(COCC2(N3CCNCC3)CCc3ccccc32)c1. The number of rotatable bonds is 5. The Morgan fingerprint density at radius 2 is 1.77 bits per heavy atom. The highest BCUT2D eigenvalue weighted by Gasteiger charge is 2.44. The Labute approximate surface area is 165 Å². The molecule has 1 saturated heterocycles. The van der Waals surface area contributed by atoms with Crippen LogP contribution in [0.25, 0.3) is 0 Å². The summed E-state index contributed by atoms with van der Waals surface area (Å²) in [4.78, 5) is 2.61. The Morgan fingerprint density at radius 1 is 1.04 bits per heavy atom. The molecule has 1 aliphatic heterocycles. The van der Waals surface area contributed by atoms with Crippen molar-refractivity contribution in [3.63, 3.8) is 0 Å². The van der Waals surface area contributed by atoms with Crippen LogP contribution in [-0.4, -0.2) is 37.7 Å². The molecule has 138 valence electrons. The van der Waals surface area contributed by atoms with Gasteiger partial charge in [0.1, 0.15) is 0 Å². The number of piperazine rings is 1. The van der Waals surface area contributed by atoms with E-state index in [1.165, 1.54) is 11.1 Å². The fraction of sp³-hybridized carbons (Fsp3) is 0.429. The minimum atomic E-state index is -0.0267. The van der Waals surface area contributed by atoms with Gasteiger partial charge in [0, 0.05) is 36.2 Å². The van der Waals surface area contributed by atoms with E-state index in [2.05, 4.69) is 34.5 Å². The summed E-state index contributed by atoms with van der Waals surface area (Å²) in [6.07, 6.45) is 2.23.